The van der Waals surface area contributed by atoms with Gasteiger partial charge in [-0.15, -0.1) is 10.2 Å². The monoisotopic (exact) mass is 438 g/mol. The first-order valence-corrected chi connectivity index (χ1v) is 9.88. The molecule has 30 heavy (non-hydrogen) atoms. The molecule has 2 N–H and O–H groups in total. The van der Waals surface area contributed by atoms with Gasteiger partial charge in [0.25, 0.3) is 0 Å². The lowest BCUT2D eigenvalue weighted by molar-refractivity contribution is 0.381. The van der Waals surface area contributed by atoms with E-state index in [9.17, 15) is 8.78 Å². The first-order chi connectivity index (χ1) is 14.0. The molecule has 9 nitrogen and oxygen atoms in total. The highest BCUT2D eigenvalue weighted by atomic mass is 32.3. The van der Waals surface area contributed by atoms with Crippen LogP contribution in [0.5, 0.6) is 0 Å². The molecule has 0 aliphatic heterocycles. The van der Waals surface area contributed by atoms with Crippen LogP contribution in [0.3, 0.4) is 0 Å². The normalized spacial score (nSPS) is 11.6. The van der Waals surface area contributed by atoms with Crippen LogP contribution in [0.25, 0.3) is 28.2 Å². The van der Waals surface area contributed by atoms with Gasteiger partial charge in [0.05, 0.1) is 0 Å². The fourth-order valence-corrected chi connectivity index (χ4v) is 2.76. The number of hydrogen-bond acceptors (Lipinski definition) is 6. The molecule has 1 aromatic carbocycles. The van der Waals surface area contributed by atoms with Crippen LogP contribution in [0.4, 0.5) is 8.78 Å². The van der Waals surface area contributed by atoms with E-state index < -0.39 is 22.0 Å². The van der Waals surface area contributed by atoms with Gasteiger partial charge < -0.3 is 4.42 Å². The lowest BCUT2D eigenvalue weighted by atomic mass is 10.1. The second kappa shape index (κ2) is 8.26. The topological polar surface area (TPSA) is 131 Å². The average Bonchev–Trinajstić information content (AvgIpc) is 3.28. The highest BCUT2D eigenvalue weighted by molar-refractivity contribution is 7.79. The van der Waals surface area contributed by atoms with Crippen LogP contribution in [0.2, 0.25) is 0 Å². The number of hydrogen-bond donors (Lipinski definition) is 2. The first-order valence-electron chi connectivity index (χ1n) is 8.48. The molecule has 3 heterocycles. The van der Waals surface area contributed by atoms with Crippen LogP contribution in [0.15, 0.2) is 47.3 Å². The number of nitrogens with zero attached hydrogens (tertiary/aromatic N) is 4. The van der Waals surface area contributed by atoms with Crippen molar-refractivity contribution in [1.29, 1.82) is 0 Å². The molecular formula is C18H16F2N4O5S. The fourth-order valence-electron chi connectivity index (χ4n) is 2.76. The van der Waals surface area contributed by atoms with Gasteiger partial charge in [0.15, 0.2) is 17.8 Å². The summed E-state index contributed by atoms with van der Waals surface area (Å²) in [6.07, 6.45) is 3.03. The summed E-state index contributed by atoms with van der Waals surface area (Å²) in [7, 11) is -4.67. The molecule has 0 saturated carbocycles. The fraction of sp³-hybridized carbons (Fsp3) is 0.167. The number of pyridine rings is 1. The van der Waals surface area contributed by atoms with E-state index in [4.69, 9.17) is 21.9 Å². The zero-order valence-corrected chi connectivity index (χ0v) is 16.5. The Bertz CT molecular complexity index is 1290. The maximum atomic E-state index is 14.1. The lowest BCUT2D eigenvalue weighted by Crippen LogP contribution is -1.97. The van der Waals surface area contributed by atoms with Gasteiger partial charge in [0, 0.05) is 23.2 Å². The SMILES string of the molecule is CC(C)c1nnc2ccc(-c3ocnc3-c3cc(F)ccc3F)cn12.O=S(=O)(O)O. The standard InChI is InChI=1S/C18H14F2N4O.H2O4S/c1-10(2)18-23-22-15-6-3-11(8-24(15)18)17-16(21-9-25-17)13-7-12(19)4-5-14(13)20;1-5(2,3)4/h3-10H,1-2H3;(H2,1,2,3,4). The Morgan fingerprint density at radius 3 is 2.47 bits per heavy atom. The molecule has 0 unspecified atom stereocenters. The van der Waals surface area contributed by atoms with E-state index in [-0.39, 0.29) is 17.2 Å². The predicted octanol–water partition coefficient (Wildman–Crippen LogP) is 3.80. The summed E-state index contributed by atoms with van der Waals surface area (Å²) in [4.78, 5) is 4.08. The highest BCUT2D eigenvalue weighted by Crippen LogP contribution is 2.33. The summed E-state index contributed by atoms with van der Waals surface area (Å²) in [6.45, 7) is 4.04. The number of aromatic nitrogens is 4. The molecule has 12 heteroatoms. The average molecular weight is 438 g/mol. The Kier molecular flexibility index (Phi) is 5.92. The molecule has 4 aromatic rings. The second-order valence-corrected chi connectivity index (χ2v) is 7.36. The van der Waals surface area contributed by atoms with Crippen molar-refractivity contribution in [2.75, 3.05) is 0 Å². The number of benzene rings is 1. The highest BCUT2D eigenvalue weighted by Gasteiger charge is 2.18. The van der Waals surface area contributed by atoms with Crippen molar-refractivity contribution in [2.45, 2.75) is 19.8 Å². The minimum Gasteiger partial charge on any atom is -0.443 e. The summed E-state index contributed by atoms with van der Waals surface area (Å²) in [6, 6.07) is 6.82. The molecule has 3 aromatic heterocycles. The predicted molar refractivity (Wildman–Crippen MR) is 102 cm³/mol. The Balaban J connectivity index is 0.000000461. The number of rotatable bonds is 3. The third-order valence-corrected chi connectivity index (χ3v) is 3.96. The molecule has 158 valence electrons. The van der Waals surface area contributed by atoms with Crippen LogP contribution >= 0.6 is 0 Å². The van der Waals surface area contributed by atoms with Crippen molar-refractivity contribution in [3.05, 3.63) is 60.4 Å². The molecular weight excluding hydrogens is 422 g/mol. The van der Waals surface area contributed by atoms with Gasteiger partial charge in [-0.1, -0.05) is 13.8 Å². The van der Waals surface area contributed by atoms with Crippen LogP contribution in [-0.4, -0.2) is 37.1 Å². The van der Waals surface area contributed by atoms with Crippen molar-refractivity contribution in [1.82, 2.24) is 19.6 Å². The maximum Gasteiger partial charge on any atom is 0.394 e. The van der Waals surface area contributed by atoms with Crippen molar-refractivity contribution >= 4 is 16.0 Å². The van der Waals surface area contributed by atoms with Gasteiger partial charge >= 0.3 is 10.4 Å². The van der Waals surface area contributed by atoms with Crippen molar-refractivity contribution in [3.63, 3.8) is 0 Å². The Hall–Kier alpha value is -3.22. The lowest BCUT2D eigenvalue weighted by Gasteiger charge is -2.06. The number of oxazole rings is 1. The summed E-state index contributed by atoms with van der Waals surface area (Å²) in [5.74, 6) is 0.233. The zero-order valence-electron chi connectivity index (χ0n) is 15.7. The van der Waals surface area contributed by atoms with Crippen LogP contribution in [0.1, 0.15) is 25.6 Å². The van der Waals surface area contributed by atoms with Gasteiger partial charge in [0.1, 0.15) is 23.2 Å². The van der Waals surface area contributed by atoms with E-state index in [0.29, 0.717) is 17.0 Å². The number of halogens is 2. The third kappa shape index (κ3) is 4.84. The van der Waals surface area contributed by atoms with E-state index in [1.54, 1.807) is 12.1 Å². The van der Waals surface area contributed by atoms with E-state index in [0.717, 1.165) is 24.0 Å². The van der Waals surface area contributed by atoms with Gasteiger partial charge in [-0.3, -0.25) is 13.5 Å². The molecule has 4 rings (SSSR count). The zero-order chi connectivity index (χ0) is 22.1. The Morgan fingerprint density at radius 1 is 1.10 bits per heavy atom. The van der Waals surface area contributed by atoms with Crippen molar-refractivity contribution in [2.24, 2.45) is 0 Å². The van der Waals surface area contributed by atoms with Crippen LogP contribution in [-0.2, 0) is 10.4 Å². The van der Waals surface area contributed by atoms with Gasteiger partial charge in [-0.2, -0.15) is 8.42 Å². The molecule has 0 atom stereocenters. The van der Waals surface area contributed by atoms with Gasteiger partial charge in [-0.25, -0.2) is 13.8 Å². The molecule has 0 amide bonds. The van der Waals surface area contributed by atoms with Crippen molar-refractivity contribution < 1.29 is 30.7 Å². The third-order valence-electron chi connectivity index (χ3n) is 3.96. The number of fused-ring (bicyclic) bond motifs is 1. The second-order valence-electron chi connectivity index (χ2n) is 6.46. The van der Waals surface area contributed by atoms with Gasteiger partial charge in [0.2, 0.25) is 0 Å². The minimum absolute atomic E-state index is 0.0525. The Morgan fingerprint density at radius 2 is 1.80 bits per heavy atom. The molecule has 0 aliphatic rings. The summed E-state index contributed by atoms with van der Waals surface area (Å²) in [5.41, 5.74) is 1.67. The van der Waals surface area contributed by atoms with Crippen LogP contribution in [0, 0.1) is 11.6 Å². The smallest absolute Gasteiger partial charge is 0.394 e. The molecule has 0 bridgehead atoms. The van der Waals surface area contributed by atoms with E-state index in [1.807, 2.05) is 24.4 Å². The molecule has 0 radical (unpaired) electrons. The minimum atomic E-state index is -4.67. The maximum absolute atomic E-state index is 14.1. The van der Waals surface area contributed by atoms with E-state index in [1.165, 1.54) is 6.39 Å². The van der Waals surface area contributed by atoms with E-state index >= 15 is 0 Å². The summed E-state index contributed by atoms with van der Waals surface area (Å²) < 4.78 is 66.6. The summed E-state index contributed by atoms with van der Waals surface area (Å²) >= 11 is 0. The summed E-state index contributed by atoms with van der Waals surface area (Å²) in [5, 5.41) is 8.31. The largest absolute Gasteiger partial charge is 0.443 e. The molecule has 0 spiro atoms. The molecule has 0 saturated heterocycles. The molecule has 0 fully saturated rings. The Labute approximate surface area is 169 Å². The quantitative estimate of drug-likeness (QED) is 0.462. The van der Waals surface area contributed by atoms with Gasteiger partial charge in [-0.05, 0) is 30.3 Å². The molecule has 0 aliphatic carbocycles. The van der Waals surface area contributed by atoms with Crippen molar-refractivity contribution in [3.8, 4) is 22.6 Å². The van der Waals surface area contributed by atoms with Crippen LogP contribution < -0.4 is 0 Å². The van der Waals surface area contributed by atoms with E-state index in [2.05, 4.69) is 15.2 Å². The first kappa shape index (κ1) is 21.5.